The van der Waals surface area contributed by atoms with Gasteiger partial charge in [-0.3, -0.25) is 34.3 Å². The second kappa shape index (κ2) is 13.6. The molecule has 3 heterocycles. The first-order valence-corrected chi connectivity index (χ1v) is 12.8. The minimum Gasteiger partial charge on any atom is -0.382 e. The van der Waals surface area contributed by atoms with Crippen LogP contribution in [-0.4, -0.2) is 118 Å². The zero-order valence-corrected chi connectivity index (χ0v) is 21.0. The molecule has 1 atom stereocenters. The van der Waals surface area contributed by atoms with E-state index in [0.717, 1.165) is 37.6 Å². The van der Waals surface area contributed by atoms with E-state index in [0.29, 0.717) is 51.9 Å². The Kier molecular flexibility index (Phi) is 9.97. The van der Waals surface area contributed by atoms with Crippen LogP contribution in [0.15, 0.2) is 18.2 Å². The van der Waals surface area contributed by atoms with Gasteiger partial charge in [0.15, 0.2) is 0 Å². The zero-order chi connectivity index (χ0) is 26.0. The molecule has 0 spiro atoms. The maximum atomic E-state index is 13.1. The van der Waals surface area contributed by atoms with Crippen LogP contribution in [0, 0.1) is 0 Å². The molecule has 37 heavy (non-hydrogen) atoms. The minimum absolute atomic E-state index is 0.0832. The minimum atomic E-state index is -0.987. The summed E-state index contributed by atoms with van der Waals surface area (Å²) in [6.45, 7) is 8.59. The third-order valence-corrected chi connectivity index (χ3v) is 6.54. The van der Waals surface area contributed by atoms with Crippen LogP contribution in [0.5, 0.6) is 0 Å². The van der Waals surface area contributed by atoms with Crippen LogP contribution < -0.4 is 16.0 Å². The topological polar surface area (TPSA) is 139 Å². The van der Waals surface area contributed by atoms with Gasteiger partial charge < -0.3 is 24.8 Å². The zero-order valence-electron chi connectivity index (χ0n) is 21.0. The van der Waals surface area contributed by atoms with Crippen molar-refractivity contribution in [2.24, 2.45) is 0 Å². The second-order valence-corrected chi connectivity index (χ2v) is 9.03. The lowest BCUT2D eigenvalue weighted by Crippen LogP contribution is -2.54. The van der Waals surface area contributed by atoms with Gasteiger partial charge in [0.25, 0.3) is 11.8 Å². The first-order chi connectivity index (χ1) is 18.1. The number of hydrogen-bond donors (Lipinski definition) is 3. The van der Waals surface area contributed by atoms with E-state index in [-0.39, 0.29) is 24.0 Å². The number of piperidine rings is 1. The number of hydrogen-bond acceptors (Lipinski definition) is 10. The number of rotatable bonds is 14. The Bertz CT molecular complexity index is 982. The molecule has 3 N–H and O–H groups in total. The van der Waals surface area contributed by atoms with Gasteiger partial charge in [-0.05, 0) is 18.6 Å². The molecule has 1 aromatic rings. The second-order valence-electron chi connectivity index (χ2n) is 9.03. The van der Waals surface area contributed by atoms with Crippen LogP contribution in [-0.2, 0) is 23.8 Å². The van der Waals surface area contributed by atoms with E-state index in [1.165, 1.54) is 0 Å². The summed E-state index contributed by atoms with van der Waals surface area (Å²) in [7, 11) is 0. The molecule has 4 rings (SSSR count). The van der Waals surface area contributed by atoms with Crippen molar-refractivity contribution in [2.75, 3.05) is 84.2 Å². The SMILES string of the molecule is O=C1CCC(N2C(=O)c3cccc(NCCOCCOCCOCCN4CCNCC4)c3C2=O)C(=O)N1. The smallest absolute Gasteiger partial charge is 0.264 e. The fourth-order valence-corrected chi connectivity index (χ4v) is 4.59. The maximum absolute atomic E-state index is 13.1. The molecule has 0 radical (unpaired) electrons. The number of fused-ring (bicyclic) bond motifs is 1. The van der Waals surface area contributed by atoms with Crippen molar-refractivity contribution < 1.29 is 33.4 Å². The number of piperazine rings is 1. The number of nitrogens with one attached hydrogen (secondary N) is 3. The molecule has 0 saturated carbocycles. The van der Waals surface area contributed by atoms with Crippen LogP contribution in [0.2, 0.25) is 0 Å². The van der Waals surface area contributed by atoms with Crippen molar-refractivity contribution in [3.05, 3.63) is 29.3 Å². The predicted molar refractivity (Wildman–Crippen MR) is 133 cm³/mol. The highest BCUT2D eigenvalue weighted by Crippen LogP contribution is 2.32. The molecule has 0 aromatic heterocycles. The van der Waals surface area contributed by atoms with E-state index in [2.05, 4.69) is 20.9 Å². The number of benzene rings is 1. The fraction of sp³-hybridized carbons (Fsp3) is 0.600. The molecule has 12 heteroatoms. The molecule has 4 amide bonds. The first-order valence-electron chi connectivity index (χ1n) is 12.8. The van der Waals surface area contributed by atoms with E-state index >= 15 is 0 Å². The number of imide groups is 2. The van der Waals surface area contributed by atoms with Gasteiger partial charge >= 0.3 is 0 Å². The van der Waals surface area contributed by atoms with Gasteiger partial charge in [0.1, 0.15) is 6.04 Å². The van der Waals surface area contributed by atoms with Gasteiger partial charge in [-0.1, -0.05) is 6.07 Å². The van der Waals surface area contributed by atoms with Crippen molar-refractivity contribution in [3.63, 3.8) is 0 Å². The van der Waals surface area contributed by atoms with Crippen LogP contribution in [0.3, 0.4) is 0 Å². The summed E-state index contributed by atoms with van der Waals surface area (Å²) < 4.78 is 16.7. The molecular weight excluding hydrogens is 482 g/mol. The molecule has 2 fully saturated rings. The van der Waals surface area contributed by atoms with Crippen LogP contribution in [0.1, 0.15) is 33.6 Å². The Labute approximate surface area is 216 Å². The highest BCUT2D eigenvalue weighted by Gasteiger charge is 2.45. The number of nitrogens with zero attached hydrogens (tertiary/aromatic N) is 2. The van der Waals surface area contributed by atoms with Gasteiger partial charge in [0.2, 0.25) is 11.8 Å². The third-order valence-electron chi connectivity index (χ3n) is 6.54. The Balaban J connectivity index is 1.11. The number of carbonyl (C=O) groups is 4. The van der Waals surface area contributed by atoms with Gasteiger partial charge in [-0.25, -0.2) is 0 Å². The van der Waals surface area contributed by atoms with Crippen molar-refractivity contribution in [1.82, 2.24) is 20.4 Å². The highest BCUT2D eigenvalue weighted by atomic mass is 16.5. The lowest BCUT2D eigenvalue weighted by molar-refractivity contribution is -0.136. The summed E-state index contributed by atoms with van der Waals surface area (Å²) in [6.07, 6.45) is 0.206. The molecule has 12 nitrogen and oxygen atoms in total. The number of amides is 4. The molecule has 3 aliphatic heterocycles. The van der Waals surface area contributed by atoms with E-state index < -0.39 is 29.7 Å². The molecule has 202 valence electrons. The van der Waals surface area contributed by atoms with E-state index in [9.17, 15) is 19.2 Å². The molecular formula is C25H35N5O7. The molecule has 1 unspecified atom stereocenters. The van der Waals surface area contributed by atoms with Crippen molar-refractivity contribution >= 4 is 29.3 Å². The van der Waals surface area contributed by atoms with Crippen LogP contribution in [0.25, 0.3) is 0 Å². The molecule has 2 saturated heterocycles. The molecule has 3 aliphatic rings. The Hall–Kier alpha value is -2.90. The number of carbonyl (C=O) groups excluding carboxylic acids is 4. The summed E-state index contributed by atoms with van der Waals surface area (Å²) in [6, 6.07) is 3.97. The summed E-state index contributed by atoms with van der Waals surface area (Å²) in [5.41, 5.74) is 0.977. The van der Waals surface area contributed by atoms with E-state index in [1.54, 1.807) is 18.2 Å². The van der Waals surface area contributed by atoms with Gasteiger partial charge in [-0.15, -0.1) is 0 Å². The lowest BCUT2D eigenvalue weighted by atomic mass is 10.0. The van der Waals surface area contributed by atoms with Gasteiger partial charge in [0.05, 0.1) is 50.8 Å². The van der Waals surface area contributed by atoms with E-state index in [4.69, 9.17) is 14.2 Å². The third kappa shape index (κ3) is 7.11. The largest absolute Gasteiger partial charge is 0.382 e. The molecule has 0 aliphatic carbocycles. The summed E-state index contributed by atoms with van der Waals surface area (Å²) in [5.74, 6) is -2.10. The highest BCUT2D eigenvalue weighted by molar-refractivity contribution is 6.25. The monoisotopic (exact) mass is 517 g/mol. The molecule has 1 aromatic carbocycles. The lowest BCUT2D eigenvalue weighted by Gasteiger charge is -2.27. The Morgan fingerprint density at radius 1 is 0.892 bits per heavy atom. The first kappa shape index (κ1) is 27.1. The average Bonchev–Trinajstić information content (AvgIpc) is 3.15. The maximum Gasteiger partial charge on any atom is 0.264 e. The van der Waals surface area contributed by atoms with Crippen LogP contribution in [0.4, 0.5) is 5.69 Å². The normalized spacial score (nSPS) is 20.3. The standard InChI is InChI=1S/C25H35N5O7/c31-21-5-4-20(23(32)28-21)30-24(33)18-2-1-3-19(22(18)25(30)34)27-8-12-35-14-16-37-17-15-36-13-11-29-9-6-26-7-10-29/h1-3,20,26-27H,4-17H2,(H,28,31,32). The number of anilines is 1. The van der Waals surface area contributed by atoms with E-state index in [1.807, 2.05) is 0 Å². The Morgan fingerprint density at radius 2 is 1.59 bits per heavy atom. The molecule has 0 bridgehead atoms. The van der Waals surface area contributed by atoms with Gasteiger partial charge in [0, 0.05) is 51.4 Å². The number of ether oxygens (including phenoxy) is 3. The Morgan fingerprint density at radius 3 is 2.32 bits per heavy atom. The van der Waals surface area contributed by atoms with Crippen molar-refractivity contribution in [1.29, 1.82) is 0 Å². The summed E-state index contributed by atoms with van der Waals surface area (Å²) in [4.78, 5) is 53.0. The fourth-order valence-electron chi connectivity index (χ4n) is 4.59. The summed E-state index contributed by atoms with van der Waals surface area (Å²) >= 11 is 0. The average molecular weight is 518 g/mol. The van der Waals surface area contributed by atoms with Crippen molar-refractivity contribution in [3.8, 4) is 0 Å². The predicted octanol–water partition coefficient (Wildman–Crippen LogP) is -0.545. The van der Waals surface area contributed by atoms with Crippen molar-refractivity contribution in [2.45, 2.75) is 18.9 Å². The quantitative estimate of drug-likeness (QED) is 0.218. The van der Waals surface area contributed by atoms with Crippen LogP contribution >= 0.6 is 0 Å². The van der Waals surface area contributed by atoms with Gasteiger partial charge in [-0.2, -0.15) is 0 Å². The summed E-state index contributed by atoms with van der Waals surface area (Å²) in [5, 5.41) is 8.67.